The number of ether oxygens (including phenoxy) is 4. The molecule has 2 aromatic carbocycles. The first-order valence-electron chi connectivity index (χ1n) is 10.6. The van der Waals surface area contributed by atoms with Crippen molar-refractivity contribution in [2.45, 2.75) is 31.5 Å². The van der Waals surface area contributed by atoms with Gasteiger partial charge in [0.15, 0.2) is 16.7 Å². The number of methoxy groups -OCH3 is 3. The Kier molecular flexibility index (Phi) is 8.59. The van der Waals surface area contributed by atoms with Gasteiger partial charge in [0.25, 0.3) is 5.56 Å². The lowest BCUT2D eigenvalue weighted by Crippen LogP contribution is -2.24. The van der Waals surface area contributed by atoms with Crippen molar-refractivity contribution >= 4 is 28.6 Å². The van der Waals surface area contributed by atoms with Crippen molar-refractivity contribution < 1.29 is 23.7 Å². The molecule has 0 aliphatic carbocycles. The molecule has 0 unspecified atom stereocenters. The Bertz CT molecular complexity index is 1160. The van der Waals surface area contributed by atoms with E-state index in [0.29, 0.717) is 65.1 Å². The molecular formula is C24H28N2O6S. The Hall–Kier alpha value is -3.20. The fourth-order valence-electron chi connectivity index (χ4n) is 3.43. The van der Waals surface area contributed by atoms with Crippen LogP contribution in [0.3, 0.4) is 0 Å². The van der Waals surface area contributed by atoms with Gasteiger partial charge in [-0.15, -0.1) is 0 Å². The molecule has 3 aromatic rings. The molecule has 0 saturated carbocycles. The summed E-state index contributed by atoms with van der Waals surface area (Å²) >= 11 is 1.41. The van der Waals surface area contributed by atoms with Crippen molar-refractivity contribution in [3.8, 4) is 17.2 Å². The van der Waals surface area contributed by atoms with Crippen LogP contribution < -0.4 is 19.8 Å². The van der Waals surface area contributed by atoms with Crippen LogP contribution in [-0.2, 0) is 16.1 Å². The first-order valence-corrected chi connectivity index (χ1v) is 11.6. The Morgan fingerprint density at radius 2 is 1.79 bits per heavy atom. The largest absolute Gasteiger partial charge is 0.493 e. The zero-order valence-electron chi connectivity index (χ0n) is 19.3. The smallest absolute Gasteiger partial charge is 0.305 e. The van der Waals surface area contributed by atoms with Crippen LogP contribution in [0.4, 0.5) is 0 Å². The summed E-state index contributed by atoms with van der Waals surface area (Å²) in [5, 5.41) is 0.905. The molecule has 8 nitrogen and oxygen atoms in total. The molecule has 0 aliphatic rings. The fourth-order valence-corrected chi connectivity index (χ4v) is 4.36. The molecule has 0 bridgehead atoms. The zero-order chi connectivity index (χ0) is 23.8. The molecule has 3 rings (SSSR count). The lowest BCUT2D eigenvalue weighted by molar-refractivity contribution is -0.143. The Morgan fingerprint density at radius 1 is 1.06 bits per heavy atom. The Balaban J connectivity index is 2.07. The summed E-state index contributed by atoms with van der Waals surface area (Å²) in [6.07, 6.45) is 0.914. The van der Waals surface area contributed by atoms with Crippen LogP contribution in [0.25, 0.3) is 10.9 Å². The molecule has 0 atom stereocenters. The van der Waals surface area contributed by atoms with Gasteiger partial charge < -0.3 is 18.9 Å². The third kappa shape index (κ3) is 5.60. The van der Waals surface area contributed by atoms with Crippen LogP contribution in [0, 0.1) is 0 Å². The normalized spacial score (nSPS) is 10.8. The van der Waals surface area contributed by atoms with E-state index in [1.165, 1.54) is 33.1 Å². The Labute approximate surface area is 196 Å². The molecule has 1 aromatic heterocycles. The molecular weight excluding hydrogens is 444 g/mol. The van der Waals surface area contributed by atoms with Crippen molar-refractivity contribution in [1.29, 1.82) is 0 Å². The predicted molar refractivity (Wildman–Crippen MR) is 128 cm³/mol. The van der Waals surface area contributed by atoms with E-state index < -0.39 is 0 Å². The van der Waals surface area contributed by atoms with Crippen LogP contribution in [0.1, 0.15) is 25.3 Å². The van der Waals surface area contributed by atoms with E-state index in [9.17, 15) is 9.59 Å². The van der Waals surface area contributed by atoms with E-state index in [1.807, 2.05) is 30.3 Å². The summed E-state index contributed by atoms with van der Waals surface area (Å²) in [5.74, 6) is 1.47. The summed E-state index contributed by atoms with van der Waals surface area (Å²) in [5.41, 5.74) is 1.16. The number of hydrogen-bond acceptors (Lipinski definition) is 8. The molecule has 0 spiro atoms. The first-order chi connectivity index (χ1) is 16.0. The van der Waals surface area contributed by atoms with E-state index >= 15 is 0 Å². The summed E-state index contributed by atoms with van der Waals surface area (Å²) < 4.78 is 23.1. The van der Waals surface area contributed by atoms with E-state index in [2.05, 4.69) is 0 Å². The second kappa shape index (κ2) is 11.6. The number of esters is 1. The molecule has 33 heavy (non-hydrogen) atoms. The number of rotatable bonds is 11. The summed E-state index contributed by atoms with van der Waals surface area (Å²) in [6, 6.07) is 11.3. The topological polar surface area (TPSA) is 88.9 Å². The third-order valence-electron chi connectivity index (χ3n) is 4.96. The minimum absolute atomic E-state index is 0.212. The number of nitrogens with zero attached hydrogens (tertiary/aromatic N) is 2. The van der Waals surface area contributed by atoms with E-state index in [-0.39, 0.29) is 11.5 Å². The van der Waals surface area contributed by atoms with Gasteiger partial charge in [-0.05, 0) is 25.0 Å². The van der Waals surface area contributed by atoms with Crippen LogP contribution in [0.5, 0.6) is 17.2 Å². The first kappa shape index (κ1) is 24.4. The summed E-state index contributed by atoms with van der Waals surface area (Å²) in [7, 11) is 4.51. The molecule has 9 heteroatoms. The maximum Gasteiger partial charge on any atom is 0.305 e. The highest BCUT2D eigenvalue weighted by atomic mass is 32.2. The van der Waals surface area contributed by atoms with Gasteiger partial charge in [-0.2, -0.15) is 0 Å². The summed E-state index contributed by atoms with van der Waals surface area (Å²) in [4.78, 5) is 30.0. The predicted octanol–water partition coefficient (Wildman–Crippen LogP) is 3.91. The number of carbonyl (C=O) groups is 1. The van der Waals surface area contributed by atoms with Crippen molar-refractivity contribution in [2.75, 3.05) is 33.7 Å². The molecule has 0 N–H and O–H groups in total. The van der Waals surface area contributed by atoms with Gasteiger partial charge in [-0.3, -0.25) is 14.2 Å². The van der Waals surface area contributed by atoms with Crippen LogP contribution in [0.2, 0.25) is 0 Å². The SMILES string of the molecule is CCOC(=O)CCCSc1nc2c(OC)c(OC)c(OC)cc2c(=O)n1Cc1ccccc1. The van der Waals surface area contributed by atoms with Gasteiger partial charge in [0, 0.05) is 12.2 Å². The zero-order valence-corrected chi connectivity index (χ0v) is 20.1. The molecule has 0 radical (unpaired) electrons. The highest BCUT2D eigenvalue weighted by molar-refractivity contribution is 7.99. The number of fused-ring (bicyclic) bond motifs is 1. The Morgan fingerprint density at radius 3 is 2.42 bits per heavy atom. The van der Waals surface area contributed by atoms with Crippen LogP contribution in [0.15, 0.2) is 46.3 Å². The molecule has 0 amide bonds. The van der Waals surface area contributed by atoms with Gasteiger partial charge in [0.2, 0.25) is 5.75 Å². The number of aromatic nitrogens is 2. The van der Waals surface area contributed by atoms with Crippen molar-refractivity contribution in [2.24, 2.45) is 0 Å². The van der Waals surface area contributed by atoms with Gasteiger partial charge in [0.1, 0.15) is 5.52 Å². The number of thioether (sulfide) groups is 1. The third-order valence-corrected chi connectivity index (χ3v) is 6.03. The van der Waals surface area contributed by atoms with Gasteiger partial charge in [-0.1, -0.05) is 42.1 Å². The number of benzene rings is 2. The van der Waals surface area contributed by atoms with Gasteiger partial charge in [-0.25, -0.2) is 4.98 Å². The maximum absolute atomic E-state index is 13.6. The number of carbonyl (C=O) groups excluding carboxylic acids is 1. The van der Waals surface area contributed by atoms with E-state index in [1.54, 1.807) is 17.6 Å². The van der Waals surface area contributed by atoms with Gasteiger partial charge in [0.05, 0.1) is 39.9 Å². The number of hydrogen-bond donors (Lipinski definition) is 0. The lowest BCUT2D eigenvalue weighted by atomic mass is 10.2. The van der Waals surface area contributed by atoms with E-state index in [0.717, 1.165) is 5.56 Å². The van der Waals surface area contributed by atoms with Crippen LogP contribution >= 0.6 is 11.8 Å². The maximum atomic E-state index is 13.6. The van der Waals surface area contributed by atoms with Crippen LogP contribution in [-0.4, -0.2) is 49.2 Å². The average Bonchev–Trinajstić information content (AvgIpc) is 2.83. The van der Waals surface area contributed by atoms with Crippen molar-refractivity contribution in [3.63, 3.8) is 0 Å². The second-order valence-electron chi connectivity index (χ2n) is 7.07. The van der Waals surface area contributed by atoms with Gasteiger partial charge >= 0.3 is 5.97 Å². The lowest BCUT2D eigenvalue weighted by Gasteiger charge is -2.17. The minimum atomic E-state index is -0.232. The molecule has 0 aliphatic heterocycles. The average molecular weight is 473 g/mol. The molecule has 176 valence electrons. The molecule has 0 saturated heterocycles. The molecule has 1 heterocycles. The minimum Gasteiger partial charge on any atom is -0.493 e. The van der Waals surface area contributed by atoms with Crippen molar-refractivity contribution in [3.05, 3.63) is 52.3 Å². The summed E-state index contributed by atoms with van der Waals surface area (Å²) in [6.45, 7) is 2.50. The molecule has 0 fully saturated rings. The standard InChI is InChI=1S/C24H28N2O6S/c1-5-32-19(27)12-9-13-33-24-25-20-17(14-18(29-2)21(30-3)22(20)31-4)23(28)26(24)15-16-10-7-6-8-11-16/h6-8,10-11,14H,5,9,12-13,15H2,1-4H3. The fraction of sp³-hybridized carbons (Fsp3) is 0.375. The second-order valence-corrected chi connectivity index (χ2v) is 8.13. The highest BCUT2D eigenvalue weighted by Crippen LogP contribution is 2.42. The quantitative estimate of drug-likeness (QED) is 0.180. The van der Waals surface area contributed by atoms with Crippen molar-refractivity contribution in [1.82, 2.24) is 9.55 Å². The highest BCUT2D eigenvalue weighted by Gasteiger charge is 2.22. The monoisotopic (exact) mass is 472 g/mol. The van der Waals surface area contributed by atoms with E-state index in [4.69, 9.17) is 23.9 Å².